The average Bonchev–Trinajstić information content (AvgIpc) is 2.66. The van der Waals surface area contributed by atoms with E-state index in [2.05, 4.69) is 10.6 Å². The molecule has 142 valence electrons. The largest absolute Gasteiger partial charge is 0.550 e. The normalized spacial score (nSPS) is 10.0. The molecular weight excluding hydrogens is 352 g/mol. The van der Waals surface area contributed by atoms with E-state index in [1.165, 1.54) is 20.3 Å². The van der Waals surface area contributed by atoms with Gasteiger partial charge in [-0.1, -0.05) is 6.07 Å². The van der Waals surface area contributed by atoms with Crippen molar-refractivity contribution in [3.63, 3.8) is 0 Å². The van der Waals surface area contributed by atoms with Crippen molar-refractivity contribution in [1.82, 2.24) is 0 Å². The lowest BCUT2D eigenvalue weighted by molar-refractivity contribution is -0.305. The van der Waals surface area contributed by atoms with Gasteiger partial charge in [0, 0.05) is 29.7 Å². The number of carboxylic acids is 1. The zero-order valence-corrected chi connectivity index (χ0v) is 14.9. The topological polar surface area (TPSA) is 117 Å². The molecule has 8 nitrogen and oxygen atoms in total. The molecule has 0 aliphatic carbocycles. The zero-order chi connectivity index (χ0) is 19.8. The number of rotatable bonds is 8. The third-order valence-corrected chi connectivity index (χ3v) is 3.62. The van der Waals surface area contributed by atoms with Crippen LogP contribution in [-0.2, 0) is 9.59 Å². The number of amides is 2. The first-order valence-electron chi connectivity index (χ1n) is 8.06. The molecule has 0 saturated heterocycles. The maximum absolute atomic E-state index is 12.5. The van der Waals surface area contributed by atoms with Gasteiger partial charge in [0.15, 0.2) is 0 Å². The number of carbonyl (C=O) groups excluding carboxylic acids is 3. The third kappa shape index (κ3) is 5.74. The summed E-state index contributed by atoms with van der Waals surface area (Å²) in [5.41, 5.74) is 1.16. The van der Waals surface area contributed by atoms with Crippen molar-refractivity contribution in [1.29, 1.82) is 0 Å². The minimum atomic E-state index is -1.30. The summed E-state index contributed by atoms with van der Waals surface area (Å²) in [4.78, 5) is 34.6. The Bertz CT molecular complexity index is 850. The van der Waals surface area contributed by atoms with Gasteiger partial charge in [-0.2, -0.15) is 0 Å². The van der Waals surface area contributed by atoms with E-state index in [0.717, 1.165) is 0 Å². The van der Waals surface area contributed by atoms with E-state index >= 15 is 0 Å². The lowest BCUT2D eigenvalue weighted by atomic mass is 10.1. The molecular formula is C19H19N2O6-. The second-order valence-corrected chi connectivity index (χ2v) is 5.52. The Kier molecular flexibility index (Phi) is 6.76. The fraction of sp³-hybridized carbons (Fsp3) is 0.211. The molecule has 0 bridgehead atoms. The molecule has 0 fully saturated rings. The van der Waals surface area contributed by atoms with Crippen LogP contribution in [-0.4, -0.2) is 32.0 Å². The van der Waals surface area contributed by atoms with Gasteiger partial charge in [0.05, 0.1) is 19.9 Å². The van der Waals surface area contributed by atoms with Crippen LogP contribution in [0.2, 0.25) is 0 Å². The van der Waals surface area contributed by atoms with E-state index in [0.29, 0.717) is 28.4 Å². The summed E-state index contributed by atoms with van der Waals surface area (Å²) in [7, 11) is 3.01. The third-order valence-electron chi connectivity index (χ3n) is 3.62. The quantitative estimate of drug-likeness (QED) is 0.725. The number of hydrogen-bond acceptors (Lipinski definition) is 6. The number of carboxylic acid groups (broad SMARTS) is 1. The van der Waals surface area contributed by atoms with E-state index in [1.54, 1.807) is 36.4 Å². The highest BCUT2D eigenvalue weighted by Gasteiger charge is 2.12. The van der Waals surface area contributed by atoms with Crippen LogP contribution in [0.5, 0.6) is 11.5 Å². The van der Waals surface area contributed by atoms with E-state index in [1.807, 2.05) is 0 Å². The standard InChI is InChI=1S/C19H20N2O6/c1-26-14-6-7-15(16(11-14)27-2)21-19(25)12-4-3-5-13(10-12)20-17(22)8-9-18(23)24/h3-7,10-11H,8-9H2,1-2H3,(H,20,22)(H,21,25)(H,23,24)/p-1. The molecule has 0 aliphatic heterocycles. The number of aliphatic carboxylic acids is 1. The van der Waals surface area contributed by atoms with E-state index in [9.17, 15) is 19.5 Å². The highest BCUT2D eigenvalue weighted by atomic mass is 16.5. The van der Waals surface area contributed by atoms with Crippen molar-refractivity contribution in [2.75, 3.05) is 24.9 Å². The molecule has 0 radical (unpaired) electrons. The molecule has 0 unspecified atom stereocenters. The first-order valence-corrected chi connectivity index (χ1v) is 8.06. The van der Waals surface area contributed by atoms with E-state index < -0.39 is 17.8 Å². The minimum Gasteiger partial charge on any atom is -0.550 e. The summed E-state index contributed by atoms with van der Waals surface area (Å²) < 4.78 is 10.4. The van der Waals surface area contributed by atoms with Crippen molar-refractivity contribution in [2.45, 2.75) is 12.8 Å². The Labute approximate surface area is 156 Å². The van der Waals surface area contributed by atoms with Crippen LogP contribution in [0.3, 0.4) is 0 Å². The fourth-order valence-corrected chi connectivity index (χ4v) is 2.27. The molecule has 0 heterocycles. The smallest absolute Gasteiger partial charge is 0.255 e. The highest BCUT2D eigenvalue weighted by Crippen LogP contribution is 2.29. The van der Waals surface area contributed by atoms with Gasteiger partial charge in [0.2, 0.25) is 5.91 Å². The molecule has 0 saturated carbocycles. The van der Waals surface area contributed by atoms with Crippen LogP contribution in [0.15, 0.2) is 42.5 Å². The summed E-state index contributed by atoms with van der Waals surface area (Å²) in [6.45, 7) is 0. The predicted octanol–water partition coefficient (Wildman–Crippen LogP) is 1.42. The van der Waals surface area contributed by atoms with Gasteiger partial charge >= 0.3 is 0 Å². The second kappa shape index (κ2) is 9.23. The molecule has 8 heteroatoms. The zero-order valence-electron chi connectivity index (χ0n) is 14.9. The van der Waals surface area contributed by atoms with Crippen LogP contribution in [0.25, 0.3) is 0 Å². The molecule has 2 amide bonds. The van der Waals surface area contributed by atoms with Crippen LogP contribution in [0, 0.1) is 0 Å². The molecule has 2 N–H and O–H groups in total. The monoisotopic (exact) mass is 371 g/mol. The Balaban J connectivity index is 2.09. The van der Waals surface area contributed by atoms with Crippen molar-refractivity contribution < 1.29 is 29.0 Å². The molecule has 2 rings (SSSR count). The van der Waals surface area contributed by atoms with Gasteiger partial charge in [0.1, 0.15) is 11.5 Å². The first kappa shape index (κ1) is 19.8. The molecule has 0 aliphatic rings. The Morgan fingerprint density at radius 2 is 1.74 bits per heavy atom. The Morgan fingerprint density at radius 3 is 2.41 bits per heavy atom. The van der Waals surface area contributed by atoms with Gasteiger partial charge in [-0.15, -0.1) is 0 Å². The van der Waals surface area contributed by atoms with Crippen LogP contribution >= 0.6 is 0 Å². The van der Waals surface area contributed by atoms with Crippen LogP contribution in [0.1, 0.15) is 23.2 Å². The van der Waals surface area contributed by atoms with Crippen molar-refractivity contribution in [3.8, 4) is 11.5 Å². The average molecular weight is 371 g/mol. The lowest BCUT2D eigenvalue weighted by Gasteiger charge is -2.12. The maximum atomic E-state index is 12.5. The van der Waals surface area contributed by atoms with Crippen molar-refractivity contribution in [2.24, 2.45) is 0 Å². The number of carbonyl (C=O) groups is 3. The number of nitrogens with one attached hydrogen (secondary N) is 2. The second-order valence-electron chi connectivity index (χ2n) is 5.52. The summed E-state index contributed by atoms with van der Waals surface area (Å²) in [6.07, 6.45) is -0.578. The molecule has 0 atom stereocenters. The predicted molar refractivity (Wildman–Crippen MR) is 96.8 cm³/mol. The molecule has 27 heavy (non-hydrogen) atoms. The fourth-order valence-electron chi connectivity index (χ4n) is 2.27. The minimum absolute atomic E-state index is 0.207. The van der Waals surface area contributed by atoms with Gasteiger partial charge in [-0.25, -0.2) is 0 Å². The van der Waals surface area contributed by atoms with Gasteiger partial charge < -0.3 is 30.0 Å². The Morgan fingerprint density at radius 1 is 0.963 bits per heavy atom. The van der Waals surface area contributed by atoms with Crippen molar-refractivity contribution in [3.05, 3.63) is 48.0 Å². The molecule has 0 spiro atoms. The number of hydrogen-bond donors (Lipinski definition) is 2. The van der Waals surface area contributed by atoms with Gasteiger partial charge in [-0.05, 0) is 36.8 Å². The summed E-state index contributed by atoms with van der Waals surface area (Å²) >= 11 is 0. The molecule has 0 aromatic heterocycles. The lowest BCUT2D eigenvalue weighted by Crippen LogP contribution is -2.24. The van der Waals surface area contributed by atoms with Crippen molar-refractivity contribution >= 4 is 29.2 Å². The summed E-state index contributed by atoms with van der Waals surface area (Å²) in [5.74, 6) is -1.15. The van der Waals surface area contributed by atoms with E-state index in [4.69, 9.17) is 9.47 Å². The highest BCUT2D eigenvalue weighted by molar-refractivity contribution is 6.06. The van der Waals surface area contributed by atoms with Crippen LogP contribution < -0.4 is 25.2 Å². The number of anilines is 2. The molecule has 2 aromatic carbocycles. The summed E-state index contributed by atoms with van der Waals surface area (Å²) in [6, 6.07) is 11.3. The SMILES string of the molecule is COc1ccc(NC(=O)c2cccc(NC(=O)CCC(=O)[O-])c2)c(OC)c1. The van der Waals surface area contributed by atoms with Gasteiger partial charge in [0.25, 0.3) is 5.91 Å². The maximum Gasteiger partial charge on any atom is 0.255 e. The van der Waals surface area contributed by atoms with Gasteiger partial charge in [-0.3, -0.25) is 9.59 Å². The first-order chi connectivity index (χ1) is 12.9. The summed E-state index contributed by atoms with van der Waals surface area (Å²) in [5, 5.41) is 15.7. The number of ether oxygens (including phenoxy) is 2. The number of methoxy groups -OCH3 is 2. The molecule has 2 aromatic rings. The number of benzene rings is 2. The van der Waals surface area contributed by atoms with E-state index in [-0.39, 0.29) is 12.8 Å². The Hall–Kier alpha value is -3.55. The van der Waals surface area contributed by atoms with Crippen LogP contribution in [0.4, 0.5) is 11.4 Å².